The van der Waals surface area contributed by atoms with E-state index in [0.717, 1.165) is 12.8 Å². The summed E-state index contributed by atoms with van der Waals surface area (Å²) in [5.74, 6) is -0.672. The van der Waals surface area contributed by atoms with Gasteiger partial charge in [0.05, 0.1) is 12.4 Å². The summed E-state index contributed by atoms with van der Waals surface area (Å²) in [5.41, 5.74) is 0. The quantitative estimate of drug-likeness (QED) is 0.702. The van der Waals surface area contributed by atoms with Gasteiger partial charge in [-0.25, -0.2) is 0 Å². The average molecular weight is 282 g/mol. The third kappa shape index (κ3) is 2.28. The molecule has 0 aromatic rings. The van der Waals surface area contributed by atoms with Gasteiger partial charge in [0.25, 0.3) is 0 Å². The zero-order valence-corrected chi connectivity index (χ0v) is 11.5. The maximum Gasteiger partial charge on any atom is 0.303 e. The minimum absolute atomic E-state index is 0.00665. The van der Waals surface area contributed by atoms with Gasteiger partial charge in [-0.2, -0.15) is 0 Å². The van der Waals surface area contributed by atoms with E-state index in [1.165, 1.54) is 13.8 Å². The number of esters is 2. The second-order valence-corrected chi connectivity index (χ2v) is 5.45. The van der Waals surface area contributed by atoms with Crippen LogP contribution >= 0.6 is 0 Å². The number of hydrogen-bond acceptors (Lipinski definition) is 6. The molecular weight excluding hydrogens is 264 g/mol. The van der Waals surface area contributed by atoms with Gasteiger partial charge in [-0.3, -0.25) is 9.59 Å². The van der Waals surface area contributed by atoms with Crippen molar-refractivity contribution in [3.63, 3.8) is 0 Å². The minimum atomic E-state index is -0.421. The molecule has 0 N–H and O–H groups in total. The Morgan fingerprint density at radius 2 is 1.85 bits per heavy atom. The molecule has 3 rings (SSSR count). The van der Waals surface area contributed by atoms with Crippen molar-refractivity contribution in [1.82, 2.24) is 0 Å². The van der Waals surface area contributed by atoms with Gasteiger partial charge in [0.2, 0.25) is 0 Å². The highest BCUT2D eigenvalue weighted by Crippen LogP contribution is 2.42. The Morgan fingerprint density at radius 3 is 2.55 bits per heavy atom. The Morgan fingerprint density at radius 1 is 1.10 bits per heavy atom. The Hall–Kier alpha value is -1.56. The van der Waals surface area contributed by atoms with Crippen LogP contribution in [0.4, 0.5) is 0 Å². The molecule has 0 aromatic heterocycles. The molecule has 2 saturated heterocycles. The van der Waals surface area contributed by atoms with Crippen LogP contribution in [-0.2, 0) is 28.5 Å². The van der Waals surface area contributed by atoms with Crippen LogP contribution in [0.15, 0.2) is 12.3 Å². The first-order chi connectivity index (χ1) is 9.56. The van der Waals surface area contributed by atoms with E-state index < -0.39 is 6.10 Å². The van der Waals surface area contributed by atoms with Crippen LogP contribution in [0.3, 0.4) is 0 Å². The number of hydrogen-bond donors (Lipinski definition) is 0. The van der Waals surface area contributed by atoms with E-state index in [-0.39, 0.29) is 42.3 Å². The molecule has 3 heterocycles. The largest absolute Gasteiger partial charge is 0.492 e. The summed E-state index contributed by atoms with van der Waals surface area (Å²) in [6.07, 6.45) is 3.48. The molecule has 110 valence electrons. The van der Waals surface area contributed by atoms with Gasteiger partial charge in [0.15, 0.2) is 6.10 Å². The summed E-state index contributed by atoms with van der Waals surface area (Å²) >= 11 is 0. The van der Waals surface area contributed by atoms with Gasteiger partial charge in [-0.1, -0.05) is 0 Å². The average Bonchev–Trinajstić information content (AvgIpc) is 2.36. The highest BCUT2D eigenvalue weighted by atomic mass is 16.6. The summed E-state index contributed by atoms with van der Waals surface area (Å²) < 4.78 is 22.3. The van der Waals surface area contributed by atoms with Crippen LogP contribution in [0.1, 0.15) is 26.7 Å². The van der Waals surface area contributed by atoms with E-state index >= 15 is 0 Å². The highest BCUT2D eigenvalue weighted by Gasteiger charge is 2.55. The lowest BCUT2D eigenvalue weighted by atomic mass is 9.77. The third-order valence-corrected chi connectivity index (χ3v) is 4.05. The number of rotatable bonds is 2. The highest BCUT2D eigenvalue weighted by molar-refractivity contribution is 5.66. The Bertz CT molecular complexity index is 445. The first-order valence-corrected chi connectivity index (χ1v) is 6.88. The molecule has 4 bridgehead atoms. The van der Waals surface area contributed by atoms with Crippen molar-refractivity contribution in [2.45, 2.75) is 57.2 Å². The fourth-order valence-electron chi connectivity index (χ4n) is 3.33. The van der Waals surface area contributed by atoms with Gasteiger partial charge in [-0.15, -0.1) is 0 Å². The van der Waals surface area contributed by atoms with Gasteiger partial charge < -0.3 is 18.9 Å². The predicted molar refractivity (Wildman–Crippen MR) is 66.5 cm³/mol. The zero-order valence-electron chi connectivity index (χ0n) is 11.5. The monoisotopic (exact) mass is 282 g/mol. The Kier molecular flexibility index (Phi) is 3.41. The van der Waals surface area contributed by atoms with Crippen LogP contribution in [0.5, 0.6) is 0 Å². The van der Waals surface area contributed by atoms with E-state index in [9.17, 15) is 9.59 Å². The van der Waals surface area contributed by atoms with Crippen molar-refractivity contribution >= 4 is 11.9 Å². The Balaban J connectivity index is 1.84. The molecule has 3 aliphatic heterocycles. The lowest BCUT2D eigenvalue weighted by molar-refractivity contribution is -0.257. The normalized spacial score (nSPS) is 41.5. The summed E-state index contributed by atoms with van der Waals surface area (Å²) in [7, 11) is 0. The molecule has 0 saturated carbocycles. The number of ether oxygens (including phenoxy) is 4. The van der Waals surface area contributed by atoms with Crippen LogP contribution in [-0.4, -0.2) is 42.5 Å². The molecule has 0 spiro atoms. The van der Waals surface area contributed by atoms with Crippen molar-refractivity contribution < 1.29 is 28.5 Å². The molecule has 20 heavy (non-hydrogen) atoms. The standard InChI is InChI=1S/C14H18O6/c1-7(15)18-11-4-3-10-9-5-6-17-14(13(11)20-10)12(9)19-8(2)16/h5-6,9-14H,3-4H2,1-2H3/t9-,10-,11+,12-,13+,14-/m0/s1. The molecule has 6 heteroatoms. The molecule has 0 unspecified atom stereocenters. The van der Waals surface area contributed by atoms with E-state index in [4.69, 9.17) is 18.9 Å². The molecular formula is C14H18O6. The molecule has 0 aliphatic carbocycles. The molecule has 6 nitrogen and oxygen atoms in total. The third-order valence-electron chi connectivity index (χ3n) is 4.05. The van der Waals surface area contributed by atoms with E-state index in [2.05, 4.69) is 0 Å². The maximum atomic E-state index is 11.3. The lowest BCUT2D eigenvalue weighted by Crippen LogP contribution is -2.63. The second-order valence-electron chi connectivity index (χ2n) is 5.45. The first kappa shape index (κ1) is 13.4. The predicted octanol–water partition coefficient (Wildman–Crippen LogP) is 0.940. The molecule has 2 fully saturated rings. The summed E-state index contributed by atoms with van der Waals surface area (Å²) in [4.78, 5) is 22.5. The molecule has 0 amide bonds. The van der Waals surface area contributed by atoms with Gasteiger partial charge in [0, 0.05) is 19.8 Å². The summed E-state index contributed by atoms with van der Waals surface area (Å²) in [5, 5.41) is 0. The molecule has 3 aliphatic rings. The SMILES string of the molecule is CC(=O)O[C@H]1[C@H]2C=CO[C@@H]1[C@@H]1O[C@H]2CC[C@H]1OC(C)=O. The summed E-state index contributed by atoms with van der Waals surface area (Å²) in [6.45, 7) is 2.76. The number of carbonyl (C=O) groups excluding carboxylic acids is 2. The molecule has 0 radical (unpaired) electrons. The number of fused-ring (bicyclic) bond motifs is 6. The fraction of sp³-hybridized carbons (Fsp3) is 0.714. The van der Waals surface area contributed by atoms with Crippen molar-refractivity contribution in [2.24, 2.45) is 5.92 Å². The first-order valence-electron chi connectivity index (χ1n) is 6.88. The minimum Gasteiger partial charge on any atom is -0.492 e. The van der Waals surface area contributed by atoms with Crippen LogP contribution in [0.25, 0.3) is 0 Å². The number of carbonyl (C=O) groups is 2. The fourth-order valence-corrected chi connectivity index (χ4v) is 3.33. The van der Waals surface area contributed by atoms with Crippen LogP contribution in [0, 0.1) is 5.92 Å². The zero-order chi connectivity index (χ0) is 14.3. The van der Waals surface area contributed by atoms with Crippen LogP contribution in [0.2, 0.25) is 0 Å². The van der Waals surface area contributed by atoms with Gasteiger partial charge in [-0.05, 0) is 18.9 Å². The lowest BCUT2D eigenvalue weighted by Gasteiger charge is -2.51. The van der Waals surface area contributed by atoms with E-state index in [1.54, 1.807) is 6.26 Å². The maximum absolute atomic E-state index is 11.3. The van der Waals surface area contributed by atoms with Crippen molar-refractivity contribution in [1.29, 1.82) is 0 Å². The summed E-state index contributed by atoms with van der Waals surface area (Å²) in [6, 6.07) is 0. The Labute approximate surface area is 117 Å². The second kappa shape index (κ2) is 5.09. The topological polar surface area (TPSA) is 71.1 Å². The smallest absolute Gasteiger partial charge is 0.303 e. The molecule has 0 aromatic carbocycles. The van der Waals surface area contributed by atoms with Crippen molar-refractivity contribution in [3.8, 4) is 0 Å². The van der Waals surface area contributed by atoms with Gasteiger partial charge >= 0.3 is 11.9 Å². The van der Waals surface area contributed by atoms with Crippen molar-refractivity contribution in [2.75, 3.05) is 0 Å². The van der Waals surface area contributed by atoms with Gasteiger partial charge in [0.1, 0.15) is 18.3 Å². The van der Waals surface area contributed by atoms with Crippen molar-refractivity contribution in [3.05, 3.63) is 12.3 Å². The van der Waals surface area contributed by atoms with E-state index in [1.807, 2.05) is 6.08 Å². The molecule has 6 atom stereocenters. The van der Waals surface area contributed by atoms with Crippen LogP contribution < -0.4 is 0 Å². The van der Waals surface area contributed by atoms with E-state index in [0.29, 0.717) is 0 Å².